The van der Waals surface area contributed by atoms with E-state index in [-0.39, 0.29) is 0 Å². The van der Waals surface area contributed by atoms with Gasteiger partial charge in [0, 0.05) is 6.42 Å². The molecule has 0 saturated heterocycles. The fourth-order valence-electron chi connectivity index (χ4n) is 1.14. The van der Waals surface area contributed by atoms with Crippen molar-refractivity contribution in [2.45, 2.75) is 0 Å². The zero-order valence-corrected chi connectivity index (χ0v) is 9.31. The lowest BCUT2D eigenvalue weighted by Crippen LogP contribution is -1.79. The third-order valence-corrected chi connectivity index (χ3v) is 3.24. The van der Waals surface area contributed by atoms with Gasteiger partial charge in [0.1, 0.15) is 0 Å². The van der Waals surface area contributed by atoms with Crippen LogP contribution in [0.3, 0.4) is 0 Å². The van der Waals surface area contributed by atoms with Gasteiger partial charge in [-0.2, -0.15) is 0 Å². The molecule has 0 amide bonds. The van der Waals surface area contributed by atoms with E-state index in [4.69, 9.17) is 0 Å². The summed E-state index contributed by atoms with van der Waals surface area (Å²) in [6.07, 6.45) is 2.17. The monoisotopic (exact) mass is 251 g/mol. The molecule has 0 unspecified atom stereocenters. The fraction of sp³-hybridized carbons (Fsp3) is 0. The summed E-state index contributed by atoms with van der Waals surface area (Å²) in [4.78, 5) is 0. The average molecular weight is 252 g/mol. The van der Waals surface area contributed by atoms with Crippen molar-refractivity contribution >= 4 is 27.3 Å². The third-order valence-electron chi connectivity index (χ3n) is 1.72. The molecule has 0 nitrogen and oxygen atoms in total. The minimum Gasteiger partial charge on any atom is -0.137 e. The van der Waals surface area contributed by atoms with Gasteiger partial charge in [-0.3, -0.25) is 0 Å². The van der Waals surface area contributed by atoms with Crippen LogP contribution in [0.15, 0.2) is 45.6 Å². The Labute approximate surface area is 90.4 Å². The highest BCUT2D eigenvalue weighted by Crippen LogP contribution is 2.23. The van der Waals surface area contributed by atoms with Crippen molar-refractivity contribution in [2.75, 3.05) is 0 Å². The van der Waals surface area contributed by atoms with Crippen LogP contribution in [0.25, 0.3) is 0 Å². The molecule has 65 valence electrons. The maximum atomic E-state index is 3.44. The second-order valence-corrected chi connectivity index (χ2v) is 5.03. The SMILES string of the molecule is Brc1cc([CH]c2ccccc2)cs1. The molecule has 1 aromatic carbocycles. The van der Waals surface area contributed by atoms with Gasteiger partial charge in [0.05, 0.1) is 3.79 Å². The maximum Gasteiger partial charge on any atom is 0.0701 e. The third kappa shape index (κ3) is 2.42. The van der Waals surface area contributed by atoms with Crippen molar-refractivity contribution in [3.05, 3.63) is 63.1 Å². The average Bonchev–Trinajstić information content (AvgIpc) is 2.53. The van der Waals surface area contributed by atoms with Crippen molar-refractivity contribution in [3.8, 4) is 0 Å². The van der Waals surface area contributed by atoms with Crippen LogP contribution in [0.2, 0.25) is 0 Å². The Kier molecular flexibility index (Phi) is 2.81. The number of hydrogen-bond donors (Lipinski definition) is 0. The molecular weight excluding hydrogens is 244 g/mol. The lowest BCUT2D eigenvalue weighted by molar-refractivity contribution is 1.47. The molecule has 1 aromatic heterocycles. The second-order valence-electron chi connectivity index (χ2n) is 2.74. The summed E-state index contributed by atoms with van der Waals surface area (Å²) in [6, 6.07) is 12.5. The number of benzene rings is 1. The van der Waals surface area contributed by atoms with Gasteiger partial charge in [-0.15, -0.1) is 11.3 Å². The Hall–Kier alpha value is -0.600. The second kappa shape index (κ2) is 4.07. The molecule has 0 bridgehead atoms. The van der Waals surface area contributed by atoms with Gasteiger partial charge in [-0.1, -0.05) is 30.3 Å². The minimum atomic E-state index is 1.18. The van der Waals surface area contributed by atoms with Crippen LogP contribution in [0.4, 0.5) is 0 Å². The summed E-state index contributed by atoms with van der Waals surface area (Å²) in [5.74, 6) is 0. The molecule has 0 fully saturated rings. The van der Waals surface area contributed by atoms with Gasteiger partial charge < -0.3 is 0 Å². The lowest BCUT2D eigenvalue weighted by atomic mass is 10.1. The first kappa shape index (κ1) is 8.97. The normalized spacial score (nSPS) is 10.2. The van der Waals surface area contributed by atoms with Crippen LogP contribution in [0.1, 0.15) is 11.1 Å². The van der Waals surface area contributed by atoms with Crippen LogP contribution < -0.4 is 0 Å². The van der Waals surface area contributed by atoms with Gasteiger partial charge >= 0.3 is 0 Å². The molecular formula is C11H8BrS. The molecule has 2 aromatic rings. The number of hydrogen-bond acceptors (Lipinski definition) is 1. The van der Waals surface area contributed by atoms with Crippen LogP contribution in [-0.2, 0) is 0 Å². The summed E-state index contributed by atoms with van der Waals surface area (Å²) in [6.45, 7) is 0. The quantitative estimate of drug-likeness (QED) is 0.754. The maximum absolute atomic E-state index is 3.44. The van der Waals surface area contributed by atoms with E-state index in [0.717, 1.165) is 0 Å². The fourth-order valence-corrected chi connectivity index (χ4v) is 2.27. The zero-order valence-electron chi connectivity index (χ0n) is 6.91. The van der Waals surface area contributed by atoms with E-state index in [9.17, 15) is 0 Å². The minimum absolute atomic E-state index is 1.18. The van der Waals surface area contributed by atoms with Crippen molar-refractivity contribution in [3.63, 3.8) is 0 Å². The molecule has 2 heteroatoms. The van der Waals surface area contributed by atoms with Gasteiger partial charge in [0.25, 0.3) is 0 Å². The molecule has 0 atom stereocenters. The molecule has 2 rings (SSSR count). The molecule has 1 heterocycles. The van der Waals surface area contributed by atoms with E-state index < -0.39 is 0 Å². The van der Waals surface area contributed by atoms with E-state index in [1.165, 1.54) is 14.9 Å². The molecule has 0 N–H and O–H groups in total. The largest absolute Gasteiger partial charge is 0.137 e. The highest BCUT2D eigenvalue weighted by atomic mass is 79.9. The van der Waals surface area contributed by atoms with Crippen molar-refractivity contribution in [1.29, 1.82) is 0 Å². The zero-order chi connectivity index (χ0) is 9.10. The number of halogens is 1. The molecule has 0 spiro atoms. The highest BCUT2D eigenvalue weighted by molar-refractivity contribution is 9.11. The molecule has 0 aliphatic carbocycles. The Bertz CT molecular complexity index is 378. The Morgan fingerprint density at radius 3 is 2.46 bits per heavy atom. The first-order valence-electron chi connectivity index (χ1n) is 3.98. The van der Waals surface area contributed by atoms with Crippen LogP contribution in [0, 0.1) is 6.42 Å². The summed E-state index contributed by atoms with van der Waals surface area (Å²) in [5, 5.41) is 2.14. The van der Waals surface area contributed by atoms with Gasteiger partial charge in [0.15, 0.2) is 0 Å². The van der Waals surface area contributed by atoms with E-state index in [0.29, 0.717) is 0 Å². The molecule has 0 aliphatic heterocycles. The van der Waals surface area contributed by atoms with Crippen LogP contribution >= 0.6 is 27.3 Å². The Morgan fingerprint density at radius 1 is 1.08 bits per heavy atom. The summed E-state index contributed by atoms with van der Waals surface area (Å²) in [5.41, 5.74) is 2.50. The smallest absolute Gasteiger partial charge is 0.0701 e. The van der Waals surface area contributed by atoms with Gasteiger partial charge in [0.2, 0.25) is 0 Å². The Morgan fingerprint density at radius 2 is 1.85 bits per heavy atom. The van der Waals surface area contributed by atoms with Crippen molar-refractivity contribution in [2.24, 2.45) is 0 Å². The topological polar surface area (TPSA) is 0 Å². The van der Waals surface area contributed by atoms with Crippen LogP contribution in [0.5, 0.6) is 0 Å². The molecule has 0 aliphatic rings. The summed E-state index contributed by atoms with van der Waals surface area (Å²) >= 11 is 5.15. The van der Waals surface area contributed by atoms with E-state index in [2.05, 4.69) is 45.9 Å². The van der Waals surface area contributed by atoms with Crippen molar-refractivity contribution < 1.29 is 0 Å². The predicted octanol–water partition coefficient (Wildman–Crippen LogP) is 4.11. The van der Waals surface area contributed by atoms with Crippen LogP contribution in [-0.4, -0.2) is 0 Å². The highest BCUT2D eigenvalue weighted by Gasteiger charge is 1.98. The predicted molar refractivity (Wildman–Crippen MR) is 61.0 cm³/mol. The first-order valence-corrected chi connectivity index (χ1v) is 5.66. The van der Waals surface area contributed by atoms with Crippen molar-refractivity contribution in [1.82, 2.24) is 0 Å². The van der Waals surface area contributed by atoms with E-state index in [1.807, 2.05) is 18.2 Å². The number of rotatable bonds is 2. The molecule has 13 heavy (non-hydrogen) atoms. The Balaban J connectivity index is 2.15. The lowest BCUT2D eigenvalue weighted by Gasteiger charge is -1.95. The van der Waals surface area contributed by atoms with Gasteiger partial charge in [-0.05, 0) is 38.5 Å². The first-order chi connectivity index (χ1) is 6.34. The molecule has 0 saturated carbocycles. The standard InChI is InChI=1S/C11H8BrS/c12-11-7-10(8-13-11)6-9-4-2-1-3-5-9/h1-8H. The van der Waals surface area contributed by atoms with E-state index in [1.54, 1.807) is 11.3 Å². The van der Waals surface area contributed by atoms with Gasteiger partial charge in [-0.25, -0.2) is 0 Å². The summed E-state index contributed by atoms with van der Waals surface area (Å²) in [7, 11) is 0. The number of thiophene rings is 1. The molecule has 1 radical (unpaired) electrons. The summed E-state index contributed by atoms with van der Waals surface area (Å²) < 4.78 is 1.18. The van der Waals surface area contributed by atoms with E-state index >= 15 is 0 Å².